The smallest absolute Gasteiger partial charge is 0.250 e. The Kier molecular flexibility index (Phi) is 5.65. The lowest BCUT2D eigenvalue weighted by Crippen LogP contribution is -2.19. The summed E-state index contributed by atoms with van der Waals surface area (Å²) in [5.74, 6) is -0.119. The highest BCUT2D eigenvalue weighted by Gasteiger charge is 2.08. The third-order valence-corrected chi connectivity index (χ3v) is 2.90. The molecule has 0 aliphatic heterocycles. The predicted octanol–water partition coefficient (Wildman–Crippen LogP) is 3.43. The summed E-state index contributed by atoms with van der Waals surface area (Å²) < 4.78 is 6.09. The number of amides is 1. The molecule has 0 atom stereocenters. The van der Waals surface area contributed by atoms with E-state index >= 15 is 0 Å². The molecule has 94 valence electrons. The summed E-state index contributed by atoms with van der Waals surface area (Å²) in [6.45, 7) is 6.72. The summed E-state index contributed by atoms with van der Waals surface area (Å²) in [4.78, 5) is 11.6. The van der Waals surface area contributed by atoms with Crippen molar-refractivity contribution >= 4 is 27.5 Å². The average Bonchev–Trinajstić information content (AvgIpc) is 2.24. The number of ether oxygens (including phenoxy) is 1. The molecule has 0 bridgehead atoms. The molecule has 0 saturated heterocycles. The molecule has 17 heavy (non-hydrogen) atoms. The van der Waals surface area contributed by atoms with Crippen molar-refractivity contribution < 1.29 is 9.53 Å². The zero-order valence-corrected chi connectivity index (χ0v) is 12.1. The summed E-state index contributed by atoms with van der Waals surface area (Å²) in [6, 6.07) is 4.02. The average molecular weight is 300 g/mol. The van der Waals surface area contributed by atoms with Crippen LogP contribution in [0.4, 0.5) is 5.69 Å². The Morgan fingerprint density at radius 1 is 1.41 bits per heavy atom. The number of hydrogen-bond donors (Lipinski definition) is 1. The van der Waals surface area contributed by atoms with Gasteiger partial charge in [0.25, 0.3) is 0 Å². The van der Waals surface area contributed by atoms with Gasteiger partial charge < -0.3 is 10.1 Å². The Labute approximate surface area is 111 Å². The Bertz CT molecular complexity index is 381. The van der Waals surface area contributed by atoms with Gasteiger partial charge in [-0.3, -0.25) is 4.79 Å². The van der Waals surface area contributed by atoms with Gasteiger partial charge >= 0.3 is 0 Å². The Hall–Kier alpha value is -0.870. The van der Waals surface area contributed by atoms with Crippen LogP contribution in [-0.4, -0.2) is 19.1 Å². The first-order valence-corrected chi connectivity index (χ1v) is 6.48. The predicted molar refractivity (Wildman–Crippen MR) is 73.4 cm³/mol. The molecule has 0 aliphatic carbocycles. The van der Waals surface area contributed by atoms with Crippen LogP contribution in [0.5, 0.6) is 0 Å². The fourth-order valence-corrected chi connectivity index (χ4v) is 2.33. The van der Waals surface area contributed by atoms with Crippen LogP contribution in [0.2, 0.25) is 0 Å². The lowest BCUT2D eigenvalue weighted by atomic mass is 10.1. The molecule has 1 aromatic carbocycles. The molecule has 0 unspecified atom stereocenters. The normalized spacial score (nSPS) is 10.4. The number of carbonyl (C=O) groups is 1. The summed E-state index contributed by atoms with van der Waals surface area (Å²) in [6.07, 6.45) is 0.917. The molecule has 0 radical (unpaired) electrons. The van der Waals surface area contributed by atoms with Gasteiger partial charge in [0.15, 0.2) is 0 Å². The second-order valence-corrected chi connectivity index (χ2v) is 4.89. The van der Waals surface area contributed by atoms with Crippen molar-refractivity contribution in [3.05, 3.63) is 27.7 Å². The van der Waals surface area contributed by atoms with Crippen LogP contribution < -0.4 is 5.32 Å². The van der Waals surface area contributed by atoms with Crippen LogP contribution in [0, 0.1) is 13.8 Å². The molecule has 0 fully saturated rings. The molecular formula is C13H18BrNO2. The second-order valence-electron chi connectivity index (χ2n) is 4.04. The number of carbonyl (C=O) groups excluding carboxylic acids is 1. The number of hydrogen-bond acceptors (Lipinski definition) is 2. The SMILES string of the molecule is CCCOCC(=O)Nc1c(C)cc(C)cc1Br. The van der Waals surface area contributed by atoms with Crippen LogP contribution in [0.15, 0.2) is 16.6 Å². The number of halogens is 1. The van der Waals surface area contributed by atoms with Gasteiger partial charge in [0.2, 0.25) is 5.91 Å². The van der Waals surface area contributed by atoms with E-state index in [0.717, 1.165) is 27.7 Å². The minimum atomic E-state index is -0.119. The van der Waals surface area contributed by atoms with Crippen molar-refractivity contribution in [2.75, 3.05) is 18.5 Å². The number of aryl methyl sites for hydroxylation is 2. The first-order valence-electron chi connectivity index (χ1n) is 5.69. The third kappa shape index (κ3) is 4.48. The van der Waals surface area contributed by atoms with Crippen LogP contribution in [0.3, 0.4) is 0 Å². The molecule has 1 aromatic rings. The molecule has 1 rings (SSSR count). The number of nitrogens with one attached hydrogen (secondary N) is 1. The number of benzene rings is 1. The second kappa shape index (κ2) is 6.77. The van der Waals surface area contributed by atoms with Crippen molar-refractivity contribution in [3.8, 4) is 0 Å². The molecule has 1 amide bonds. The first kappa shape index (κ1) is 14.2. The first-order chi connectivity index (χ1) is 8.04. The van der Waals surface area contributed by atoms with E-state index in [0.29, 0.717) is 6.61 Å². The summed E-state index contributed by atoms with van der Waals surface area (Å²) in [5, 5.41) is 2.85. The minimum absolute atomic E-state index is 0.105. The topological polar surface area (TPSA) is 38.3 Å². The zero-order chi connectivity index (χ0) is 12.8. The molecule has 4 heteroatoms. The van der Waals surface area contributed by atoms with E-state index in [2.05, 4.69) is 21.2 Å². The monoisotopic (exact) mass is 299 g/mol. The molecule has 1 N–H and O–H groups in total. The van der Waals surface area contributed by atoms with Gasteiger partial charge in [0.05, 0.1) is 5.69 Å². The zero-order valence-electron chi connectivity index (χ0n) is 10.5. The van der Waals surface area contributed by atoms with Gasteiger partial charge in [0, 0.05) is 11.1 Å². The quantitative estimate of drug-likeness (QED) is 0.846. The highest BCUT2D eigenvalue weighted by atomic mass is 79.9. The van der Waals surface area contributed by atoms with Crippen molar-refractivity contribution in [1.82, 2.24) is 0 Å². The Morgan fingerprint density at radius 2 is 2.12 bits per heavy atom. The van der Waals surface area contributed by atoms with Gasteiger partial charge in [-0.15, -0.1) is 0 Å². The lowest BCUT2D eigenvalue weighted by molar-refractivity contribution is -0.120. The Balaban J connectivity index is 2.65. The maximum atomic E-state index is 11.6. The highest BCUT2D eigenvalue weighted by Crippen LogP contribution is 2.27. The summed E-state index contributed by atoms with van der Waals surface area (Å²) in [5.41, 5.74) is 3.02. The van der Waals surface area contributed by atoms with E-state index < -0.39 is 0 Å². The van der Waals surface area contributed by atoms with E-state index in [1.807, 2.05) is 32.9 Å². The van der Waals surface area contributed by atoms with Crippen molar-refractivity contribution in [2.45, 2.75) is 27.2 Å². The molecule has 0 aliphatic rings. The van der Waals surface area contributed by atoms with E-state index in [4.69, 9.17) is 4.74 Å². The van der Waals surface area contributed by atoms with E-state index in [9.17, 15) is 4.79 Å². The van der Waals surface area contributed by atoms with Crippen LogP contribution in [0.1, 0.15) is 24.5 Å². The molecule has 0 aromatic heterocycles. The number of rotatable bonds is 5. The maximum absolute atomic E-state index is 11.6. The van der Waals surface area contributed by atoms with Crippen LogP contribution >= 0.6 is 15.9 Å². The van der Waals surface area contributed by atoms with E-state index in [1.54, 1.807) is 0 Å². The summed E-state index contributed by atoms with van der Waals surface area (Å²) in [7, 11) is 0. The van der Waals surface area contributed by atoms with E-state index in [1.165, 1.54) is 0 Å². The maximum Gasteiger partial charge on any atom is 0.250 e. The van der Waals surface area contributed by atoms with Crippen LogP contribution in [0.25, 0.3) is 0 Å². The fraction of sp³-hybridized carbons (Fsp3) is 0.462. The Morgan fingerprint density at radius 3 is 2.71 bits per heavy atom. The lowest BCUT2D eigenvalue weighted by Gasteiger charge is -2.11. The van der Waals surface area contributed by atoms with Gasteiger partial charge in [-0.05, 0) is 53.4 Å². The van der Waals surface area contributed by atoms with Gasteiger partial charge in [-0.1, -0.05) is 13.0 Å². The molecular weight excluding hydrogens is 282 g/mol. The molecule has 0 saturated carbocycles. The standard InChI is InChI=1S/C13H18BrNO2/c1-4-5-17-8-12(16)15-13-10(3)6-9(2)7-11(13)14/h6-7H,4-5,8H2,1-3H3,(H,15,16). The van der Waals surface area contributed by atoms with E-state index in [-0.39, 0.29) is 12.5 Å². The van der Waals surface area contributed by atoms with Crippen LogP contribution in [-0.2, 0) is 9.53 Å². The van der Waals surface area contributed by atoms with Gasteiger partial charge in [-0.2, -0.15) is 0 Å². The number of anilines is 1. The molecule has 0 heterocycles. The highest BCUT2D eigenvalue weighted by molar-refractivity contribution is 9.10. The largest absolute Gasteiger partial charge is 0.372 e. The fourth-order valence-electron chi connectivity index (χ4n) is 1.56. The molecule has 0 spiro atoms. The van der Waals surface area contributed by atoms with Crippen molar-refractivity contribution in [2.24, 2.45) is 0 Å². The van der Waals surface area contributed by atoms with Crippen molar-refractivity contribution in [3.63, 3.8) is 0 Å². The third-order valence-electron chi connectivity index (χ3n) is 2.28. The summed E-state index contributed by atoms with van der Waals surface area (Å²) >= 11 is 3.45. The minimum Gasteiger partial charge on any atom is -0.372 e. The van der Waals surface area contributed by atoms with Gasteiger partial charge in [0.1, 0.15) is 6.61 Å². The van der Waals surface area contributed by atoms with Gasteiger partial charge in [-0.25, -0.2) is 0 Å². The van der Waals surface area contributed by atoms with Crippen molar-refractivity contribution in [1.29, 1.82) is 0 Å². The molecule has 3 nitrogen and oxygen atoms in total.